The number of hydrogen-bond donors (Lipinski definition) is 2. The van der Waals surface area contributed by atoms with Crippen molar-refractivity contribution in [2.24, 2.45) is 4.99 Å². The Morgan fingerprint density at radius 1 is 1.32 bits per heavy atom. The maximum Gasteiger partial charge on any atom is 0.342 e. The Kier molecular flexibility index (Phi) is 3.03. The highest BCUT2D eigenvalue weighted by atomic mass is 16.2. The summed E-state index contributed by atoms with van der Waals surface area (Å²) in [6.45, 7) is 0.658. The molecule has 7 nitrogen and oxygen atoms in total. The van der Waals surface area contributed by atoms with Crippen LogP contribution in [0.4, 0.5) is 16.3 Å². The van der Waals surface area contributed by atoms with Gasteiger partial charge in [-0.25, -0.2) is 9.79 Å². The summed E-state index contributed by atoms with van der Waals surface area (Å²) in [5.41, 5.74) is 1.71. The molecule has 2 aliphatic rings. The SMILES string of the molecule is O=C(NC1CC1)N(c1ccccc1)n1ncc2c1N=CNC2. The molecule has 0 unspecified atom stereocenters. The monoisotopic (exact) mass is 296 g/mol. The summed E-state index contributed by atoms with van der Waals surface area (Å²) in [7, 11) is 0. The number of amides is 2. The average Bonchev–Trinajstić information content (AvgIpc) is 3.27. The van der Waals surface area contributed by atoms with E-state index in [2.05, 4.69) is 20.7 Å². The fourth-order valence-corrected chi connectivity index (χ4v) is 2.38. The van der Waals surface area contributed by atoms with E-state index in [4.69, 9.17) is 0 Å². The minimum Gasteiger partial charge on any atom is -0.372 e. The summed E-state index contributed by atoms with van der Waals surface area (Å²) < 4.78 is 0. The van der Waals surface area contributed by atoms with E-state index in [1.807, 2.05) is 30.3 Å². The van der Waals surface area contributed by atoms with Gasteiger partial charge in [-0.05, 0) is 25.0 Å². The highest BCUT2D eigenvalue weighted by Gasteiger charge is 2.29. The molecule has 4 rings (SSSR count). The van der Waals surface area contributed by atoms with Gasteiger partial charge >= 0.3 is 6.03 Å². The molecule has 2 amide bonds. The van der Waals surface area contributed by atoms with Gasteiger partial charge in [-0.15, -0.1) is 4.79 Å². The zero-order chi connectivity index (χ0) is 14.9. The van der Waals surface area contributed by atoms with Crippen LogP contribution in [0.3, 0.4) is 0 Å². The van der Waals surface area contributed by atoms with E-state index in [-0.39, 0.29) is 12.1 Å². The van der Waals surface area contributed by atoms with Crippen LogP contribution in [-0.2, 0) is 6.54 Å². The second-order valence-corrected chi connectivity index (χ2v) is 5.39. The molecule has 2 N–H and O–H groups in total. The number of fused-ring (bicyclic) bond motifs is 1. The molecule has 1 aliphatic heterocycles. The van der Waals surface area contributed by atoms with Crippen molar-refractivity contribution in [1.29, 1.82) is 0 Å². The number of anilines is 1. The van der Waals surface area contributed by atoms with Gasteiger partial charge in [0, 0.05) is 18.2 Å². The number of carbonyl (C=O) groups excluding carboxylic acids is 1. The summed E-state index contributed by atoms with van der Waals surface area (Å²) >= 11 is 0. The van der Waals surface area contributed by atoms with Crippen molar-refractivity contribution in [1.82, 2.24) is 20.5 Å². The van der Waals surface area contributed by atoms with Crippen molar-refractivity contribution in [3.63, 3.8) is 0 Å². The van der Waals surface area contributed by atoms with Gasteiger partial charge in [0.1, 0.15) is 0 Å². The lowest BCUT2D eigenvalue weighted by molar-refractivity contribution is 0.243. The van der Waals surface area contributed by atoms with Crippen molar-refractivity contribution in [2.45, 2.75) is 25.4 Å². The normalized spacial score (nSPS) is 15.8. The highest BCUT2D eigenvalue weighted by molar-refractivity contribution is 5.92. The molecule has 2 aromatic rings. The van der Waals surface area contributed by atoms with E-state index in [1.165, 1.54) is 5.01 Å². The fraction of sp³-hybridized carbons (Fsp3) is 0.267. The number of hydrogen-bond acceptors (Lipinski definition) is 4. The predicted octanol–water partition coefficient (Wildman–Crippen LogP) is 1.79. The van der Waals surface area contributed by atoms with E-state index < -0.39 is 0 Å². The Labute approximate surface area is 127 Å². The minimum atomic E-state index is -0.187. The van der Waals surface area contributed by atoms with Crippen molar-refractivity contribution >= 4 is 23.9 Å². The summed E-state index contributed by atoms with van der Waals surface area (Å²) in [5, 5.41) is 11.9. The molecule has 112 valence electrons. The van der Waals surface area contributed by atoms with Crippen LogP contribution in [-0.4, -0.2) is 28.3 Å². The summed E-state index contributed by atoms with van der Waals surface area (Å²) in [6, 6.07) is 9.56. The Morgan fingerprint density at radius 3 is 2.91 bits per heavy atom. The van der Waals surface area contributed by atoms with Crippen molar-refractivity contribution in [3.8, 4) is 0 Å². The molecule has 0 atom stereocenters. The summed E-state index contributed by atoms with van der Waals surface area (Å²) in [4.78, 5) is 18.5. The lowest BCUT2D eigenvalue weighted by Crippen LogP contribution is -2.45. The van der Waals surface area contributed by atoms with Gasteiger partial charge in [0.25, 0.3) is 0 Å². The summed E-state index contributed by atoms with van der Waals surface area (Å²) in [6.07, 6.45) is 5.43. The Balaban J connectivity index is 1.75. The first-order valence-electron chi connectivity index (χ1n) is 7.32. The third-order valence-electron chi connectivity index (χ3n) is 3.66. The number of para-hydroxylation sites is 1. The predicted molar refractivity (Wildman–Crippen MR) is 83.1 cm³/mol. The van der Waals surface area contributed by atoms with Gasteiger partial charge in [-0.2, -0.15) is 10.1 Å². The van der Waals surface area contributed by atoms with Crippen LogP contribution in [0.1, 0.15) is 18.4 Å². The molecule has 1 saturated carbocycles. The molecule has 0 saturated heterocycles. The maximum atomic E-state index is 12.7. The number of nitrogens with one attached hydrogen (secondary N) is 2. The van der Waals surface area contributed by atoms with E-state index in [0.29, 0.717) is 12.4 Å². The van der Waals surface area contributed by atoms with Gasteiger partial charge in [0.2, 0.25) is 0 Å². The third kappa shape index (κ3) is 2.30. The minimum absolute atomic E-state index is 0.187. The van der Waals surface area contributed by atoms with Gasteiger partial charge in [0.15, 0.2) is 5.82 Å². The Morgan fingerprint density at radius 2 is 2.14 bits per heavy atom. The van der Waals surface area contributed by atoms with Crippen LogP contribution in [0.25, 0.3) is 0 Å². The zero-order valence-electron chi connectivity index (χ0n) is 11.9. The second-order valence-electron chi connectivity index (χ2n) is 5.39. The molecule has 7 heteroatoms. The Bertz CT molecular complexity index is 719. The molecule has 1 aromatic heterocycles. The summed E-state index contributed by atoms with van der Waals surface area (Å²) in [5.74, 6) is 0.675. The number of urea groups is 1. The third-order valence-corrected chi connectivity index (χ3v) is 3.66. The molecule has 0 bridgehead atoms. The molecule has 1 aliphatic carbocycles. The molecule has 2 heterocycles. The van der Waals surface area contributed by atoms with Gasteiger partial charge in [0.05, 0.1) is 18.2 Å². The number of benzene rings is 1. The molecule has 1 aromatic carbocycles. The first-order valence-corrected chi connectivity index (χ1v) is 7.32. The molecule has 0 spiro atoms. The number of carbonyl (C=O) groups is 1. The van der Waals surface area contributed by atoms with E-state index in [9.17, 15) is 4.79 Å². The van der Waals surface area contributed by atoms with Crippen molar-refractivity contribution in [3.05, 3.63) is 42.1 Å². The van der Waals surface area contributed by atoms with Crippen LogP contribution in [0.2, 0.25) is 0 Å². The van der Waals surface area contributed by atoms with E-state index in [1.54, 1.807) is 17.3 Å². The average molecular weight is 296 g/mol. The topological polar surface area (TPSA) is 74.5 Å². The second kappa shape index (κ2) is 5.18. The lowest BCUT2D eigenvalue weighted by atomic mass is 10.3. The first-order chi connectivity index (χ1) is 10.8. The molecule has 22 heavy (non-hydrogen) atoms. The van der Waals surface area contributed by atoms with E-state index in [0.717, 1.165) is 24.1 Å². The quantitative estimate of drug-likeness (QED) is 0.906. The Hall–Kier alpha value is -2.83. The molecule has 0 radical (unpaired) electrons. The van der Waals surface area contributed by atoms with Crippen molar-refractivity contribution in [2.75, 3.05) is 5.01 Å². The molecular weight excluding hydrogens is 280 g/mol. The van der Waals surface area contributed by atoms with Crippen LogP contribution >= 0.6 is 0 Å². The standard InChI is InChI=1S/C15H16N6O/c22-15(19-12-6-7-12)20(13-4-2-1-3-5-13)21-14-11(9-18-21)8-16-10-17-14/h1-5,9-10,12H,6-8H2,(H,16,17)(H,19,22). The van der Waals surface area contributed by atoms with E-state index >= 15 is 0 Å². The number of rotatable bonds is 3. The highest BCUT2D eigenvalue weighted by Crippen LogP contribution is 2.26. The van der Waals surface area contributed by atoms with Gasteiger partial charge in [-0.1, -0.05) is 18.2 Å². The molecular formula is C15H16N6O. The fourth-order valence-electron chi connectivity index (χ4n) is 2.38. The number of aromatic nitrogens is 2. The van der Waals surface area contributed by atoms with Gasteiger partial charge < -0.3 is 10.6 Å². The van der Waals surface area contributed by atoms with Crippen LogP contribution in [0, 0.1) is 0 Å². The smallest absolute Gasteiger partial charge is 0.342 e. The first kappa shape index (κ1) is 12.9. The number of nitrogens with zero attached hydrogens (tertiary/aromatic N) is 4. The van der Waals surface area contributed by atoms with Crippen LogP contribution in [0.5, 0.6) is 0 Å². The lowest BCUT2D eigenvalue weighted by Gasteiger charge is -2.24. The van der Waals surface area contributed by atoms with Crippen molar-refractivity contribution < 1.29 is 4.79 Å². The molecule has 1 fully saturated rings. The van der Waals surface area contributed by atoms with Crippen LogP contribution < -0.4 is 15.6 Å². The maximum absolute atomic E-state index is 12.7. The van der Waals surface area contributed by atoms with Crippen LogP contribution in [0.15, 0.2) is 41.5 Å². The zero-order valence-corrected chi connectivity index (χ0v) is 11.9. The van der Waals surface area contributed by atoms with Gasteiger partial charge in [-0.3, -0.25) is 0 Å². The number of aliphatic imine (C=N–C) groups is 1. The largest absolute Gasteiger partial charge is 0.372 e.